The number of nitriles is 1. The summed E-state index contributed by atoms with van der Waals surface area (Å²) < 4.78 is 2.09. The smallest absolute Gasteiger partial charge is 0.280 e. The van der Waals surface area contributed by atoms with Gasteiger partial charge in [0.15, 0.2) is 0 Å². The maximum absolute atomic E-state index is 12.5. The number of thioether (sulfide) groups is 1. The first-order valence-corrected chi connectivity index (χ1v) is 7.97. The Morgan fingerprint density at radius 2 is 2.10 bits per heavy atom. The molecule has 0 unspecified atom stereocenters. The van der Waals surface area contributed by atoms with Crippen LogP contribution in [0.1, 0.15) is 30.2 Å². The first-order valence-electron chi connectivity index (χ1n) is 6.57. The Bertz CT molecular complexity index is 751. The molecule has 0 bridgehead atoms. The van der Waals surface area contributed by atoms with Crippen molar-refractivity contribution in [1.82, 2.24) is 9.78 Å². The topological polar surface area (TPSA) is 61.6 Å². The molecule has 0 amide bonds. The molecule has 108 valence electrons. The van der Waals surface area contributed by atoms with E-state index in [2.05, 4.69) is 18.1 Å². The molecule has 0 aliphatic carbocycles. The third kappa shape index (κ3) is 3.26. The van der Waals surface area contributed by atoms with Crippen LogP contribution in [-0.2, 0) is 0 Å². The quantitative estimate of drug-likeness (QED) is 0.880. The number of thiocarbonyl (C=S) groups is 1. The molecule has 0 aliphatic rings. The van der Waals surface area contributed by atoms with Gasteiger partial charge in [-0.25, -0.2) is 4.68 Å². The minimum atomic E-state index is -0.147. The molecule has 0 radical (unpaired) electrons. The predicted octanol–water partition coefficient (Wildman–Crippen LogP) is 3.16. The summed E-state index contributed by atoms with van der Waals surface area (Å²) in [5.74, 6) is 0.903. The molecular formula is C15H15N3OS2. The molecular weight excluding hydrogens is 302 g/mol. The summed E-state index contributed by atoms with van der Waals surface area (Å²) in [7, 11) is 0. The van der Waals surface area contributed by atoms with Gasteiger partial charge in [0, 0.05) is 5.69 Å². The second kappa shape index (κ2) is 6.74. The summed E-state index contributed by atoms with van der Waals surface area (Å²) in [6.45, 7) is 3.92. The van der Waals surface area contributed by atoms with Gasteiger partial charge in [-0.15, -0.1) is 11.8 Å². The number of H-pyrrole nitrogens is 1. The van der Waals surface area contributed by atoms with Crippen LogP contribution in [0.15, 0.2) is 29.1 Å². The van der Waals surface area contributed by atoms with E-state index in [0.29, 0.717) is 21.0 Å². The van der Waals surface area contributed by atoms with Crippen LogP contribution in [0.25, 0.3) is 5.69 Å². The van der Waals surface area contributed by atoms with E-state index >= 15 is 0 Å². The van der Waals surface area contributed by atoms with E-state index in [0.717, 1.165) is 17.9 Å². The normalized spacial score (nSPS) is 10.3. The number of aromatic amines is 1. The number of nitrogens with zero attached hydrogens (tertiary/aromatic N) is 2. The van der Waals surface area contributed by atoms with Crippen molar-refractivity contribution in [1.29, 1.82) is 5.26 Å². The zero-order chi connectivity index (χ0) is 15.4. The third-order valence-electron chi connectivity index (χ3n) is 2.97. The van der Waals surface area contributed by atoms with Crippen molar-refractivity contribution in [3.05, 3.63) is 51.4 Å². The number of aryl methyl sites for hydroxylation is 1. The van der Waals surface area contributed by atoms with Crippen molar-refractivity contribution in [2.75, 3.05) is 5.75 Å². The molecule has 1 heterocycles. The number of rotatable bonds is 4. The highest BCUT2D eigenvalue weighted by Gasteiger charge is 2.16. The van der Waals surface area contributed by atoms with Gasteiger partial charge in [0.1, 0.15) is 0 Å². The summed E-state index contributed by atoms with van der Waals surface area (Å²) in [5.41, 5.74) is 2.43. The van der Waals surface area contributed by atoms with Gasteiger partial charge >= 0.3 is 0 Å². The fraction of sp³-hybridized carbons (Fsp3) is 0.267. The molecule has 1 aromatic carbocycles. The Labute approximate surface area is 132 Å². The van der Waals surface area contributed by atoms with Crippen LogP contribution in [0.3, 0.4) is 0 Å². The largest absolute Gasteiger partial charge is 0.295 e. The number of benzene rings is 1. The van der Waals surface area contributed by atoms with E-state index in [1.54, 1.807) is 24.3 Å². The van der Waals surface area contributed by atoms with Crippen molar-refractivity contribution in [3.63, 3.8) is 0 Å². The zero-order valence-electron chi connectivity index (χ0n) is 11.8. The summed E-state index contributed by atoms with van der Waals surface area (Å²) in [4.78, 5) is 12.5. The lowest BCUT2D eigenvalue weighted by Crippen LogP contribution is -2.19. The van der Waals surface area contributed by atoms with E-state index in [1.165, 1.54) is 16.4 Å². The van der Waals surface area contributed by atoms with E-state index in [1.807, 2.05) is 6.92 Å². The molecule has 0 spiro atoms. The number of nitrogens with one attached hydrogen (secondary N) is 1. The van der Waals surface area contributed by atoms with Crippen LogP contribution in [0, 0.1) is 18.3 Å². The summed E-state index contributed by atoms with van der Waals surface area (Å²) >= 11 is 6.88. The average molecular weight is 317 g/mol. The molecule has 21 heavy (non-hydrogen) atoms. The van der Waals surface area contributed by atoms with Gasteiger partial charge in [-0.1, -0.05) is 19.1 Å². The Kier molecular flexibility index (Phi) is 4.99. The molecule has 1 aromatic heterocycles. The molecule has 2 aromatic rings. The predicted molar refractivity (Wildman–Crippen MR) is 90.3 cm³/mol. The monoisotopic (exact) mass is 317 g/mol. The Hall–Kier alpha value is -1.84. The van der Waals surface area contributed by atoms with Crippen LogP contribution < -0.4 is 5.56 Å². The fourth-order valence-corrected chi connectivity index (χ4v) is 3.19. The Balaban J connectivity index is 2.41. The molecule has 0 aliphatic heterocycles. The molecule has 0 saturated heterocycles. The van der Waals surface area contributed by atoms with Gasteiger partial charge in [-0.3, -0.25) is 9.89 Å². The Morgan fingerprint density at radius 3 is 2.67 bits per heavy atom. The van der Waals surface area contributed by atoms with Crippen LogP contribution in [0.2, 0.25) is 0 Å². The summed E-state index contributed by atoms with van der Waals surface area (Å²) in [6, 6.07) is 8.90. The fourth-order valence-electron chi connectivity index (χ4n) is 1.92. The molecule has 2 rings (SSSR count). The van der Waals surface area contributed by atoms with Gasteiger partial charge in [0.25, 0.3) is 5.56 Å². The van der Waals surface area contributed by atoms with Crippen LogP contribution in [-0.4, -0.2) is 19.7 Å². The van der Waals surface area contributed by atoms with Crippen molar-refractivity contribution in [3.8, 4) is 11.8 Å². The highest BCUT2D eigenvalue weighted by Crippen LogP contribution is 2.16. The highest BCUT2D eigenvalue weighted by molar-refractivity contribution is 8.23. The number of hydrogen-bond donors (Lipinski definition) is 1. The third-order valence-corrected chi connectivity index (χ3v) is 4.60. The molecule has 0 saturated carbocycles. The maximum atomic E-state index is 12.5. The lowest BCUT2D eigenvalue weighted by molar-refractivity contribution is 0.835. The van der Waals surface area contributed by atoms with Crippen molar-refractivity contribution in [2.45, 2.75) is 20.3 Å². The van der Waals surface area contributed by atoms with Crippen LogP contribution in [0.4, 0.5) is 0 Å². The standard InChI is InChI=1S/C15H15N3OS2/c1-3-8-21-15(20)13-10(2)17-18(14(13)19)12-6-4-11(9-16)5-7-12/h4-7,17H,3,8H2,1-2H3. The zero-order valence-corrected chi connectivity index (χ0v) is 13.5. The lowest BCUT2D eigenvalue weighted by Gasteiger charge is -2.01. The summed E-state index contributed by atoms with van der Waals surface area (Å²) in [5, 5.41) is 11.9. The summed E-state index contributed by atoms with van der Waals surface area (Å²) in [6.07, 6.45) is 1.01. The van der Waals surface area contributed by atoms with E-state index in [-0.39, 0.29) is 5.56 Å². The molecule has 0 atom stereocenters. The van der Waals surface area contributed by atoms with E-state index in [9.17, 15) is 4.79 Å². The first kappa shape index (κ1) is 15.5. The molecule has 6 heteroatoms. The van der Waals surface area contributed by atoms with Gasteiger partial charge in [0.2, 0.25) is 0 Å². The van der Waals surface area contributed by atoms with Crippen LogP contribution >= 0.6 is 24.0 Å². The number of hydrogen-bond acceptors (Lipinski definition) is 4. The maximum Gasteiger partial charge on any atom is 0.280 e. The van der Waals surface area contributed by atoms with Crippen molar-refractivity contribution < 1.29 is 0 Å². The van der Waals surface area contributed by atoms with Crippen LogP contribution in [0.5, 0.6) is 0 Å². The minimum Gasteiger partial charge on any atom is -0.295 e. The van der Waals surface area contributed by atoms with Gasteiger partial charge in [0.05, 0.1) is 27.1 Å². The highest BCUT2D eigenvalue weighted by atomic mass is 32.2. The van der Waals surface area contributed by atoms with Gasteiger partial charge in [-0.05, 0) is 43.4 Å². The molecule has 4 nitrogen and oxygen atoms in total. The molecule has 1 N–H and O–H groups in total. The van der Waals surface area contributed by atoms with E-state index < -0.39 is 0 Å². The van der Waals surface area contributed by atoms with Gasteiger partial charge < -0.3 is 0 Å². The second-order valence-corrected chi connectivity index (χ2v) is 6.32. The SMILES string of the molecule is CCCSC(=S)c1c(C)[nH]n(-c2ccc(C#N)cc2)c1=O. The molecule has 0 fully saturated rings. The number of aromatic nitrogens is 2. The second-order valence-electron chi connectivity index (χ2n) is 4.55. The minimum absolute atomic E-state index is 0.147. The average Bonchev–Trinajstić information content (AvgIpc) is 2.80. The van der Waals surface area contributed by atoms with Crippen molar-refractivity contribution in [2.24, 2.45) is 0 Å². The van der Waals surface area contributed by atoms with Crippen molar-refractivity contribution >= 4 is 28.2 Å². The first-order chi connectivity index (χ1) is 10.1. The van der Waals surface area contributed by atoms with E-state index in [4.69, 9.17) is 17.5 Å². The lowest BCUT2D eigenvalue weighted by atomic mass is 10.2. The Morgan fingerprint density at radius 1 is 1.43 bits per heavy atom. The van der Waals surface area contributed by atoms with Gasteiger partial charge in [-0.2, -0.15) is 5.26 Å².